The summed E-state index contributed by atoms with van der Waals surface area (Å²) in [6, 6.07) is 8.73. The average molecular weight is 314 g/mol. The fourth-order valence-corrected chi connectivity index (χ4v) is 1.97. The summed E-state index contributed by atoms with van der Waals surface area (Å²) < 4.78 is 5.57. The van der Waals surface area contributed by atoms with Gasteiger partial charge >= 0.3 is 0 Å². The number of furan rings is 1. The van der Waals surface area contributed by atoms with Crippen molar-refractivity contribution in [2.75, 3.05) is 0 Å². The van der Waals surface area contributed by atoms with Crippen LogP contribution >= 0.6 is 35.4 Å². The normalized spacial score (nSPS) is 10.8. The van der Waals surface area contributed by atoms with E-state index in [4.69, 9.17) is 33.4 Å². The van der Waals surface area contributed by atoms with Crippen molar-refractivity contribution in [2.24, 2.45) is 10.8 Å². The highest BCUT2D eigenvalue weighted by Crippen LogP contribution is 2.31. The molecule has 0 bridgehead atoms. The van der Waals surface area contributed by atoms with Crippen molar-refractivity contribution in [3.05, 3.63) is 46.1 Å². The first-order valence-electron chi connectivity index (χ1n) is 5.20. The van der Waals surface area contributed by atoms with Crippen molar-refractivity contribution in [1.29, 1.82) is 0 Å². The minimum atomic E-state index is 0.0868. The zero-order chi connectivity index (χ0) is 13.8. The largest absolute Gasteiger partial charge is 0.455 e. The molecule has 0 radical (unpaired) electrons. The number of hydrazone groups is 1. The van der Waals surface area contributed by atoms with Gasteiger partial charge in [0.1, 0.15) is 11.5 Å². The van der Waals surface area contributed by atoms with Gasteiger partial charge in [-0.1, -0.05) is 23.2 Å². The van der Waals surface area contributed by atoms with Crippen LogP contribution in [0.5, 0.6) is 0 Å². The number of thiocarbonyl (C=S) groups is 1. The summed E-state index contributed by atoms with van der Waals surface area (Å²) in [6.45, 7) is 0. The highest BCUT2D eigenvalue weighted by Gasteiger charge is 2.08. The van der Waals surface area contributed by atoms with Crippen molar-refractivity contribution < 1.29 is 4.42 Å². The molecule has 0 aliphatic rings. The number of nitrogens with one attached hydrogen (secondary N) is 1. The van der Waals surface area contributed by atoms with E-state index in [1.807, 2.05) is 0 Å². The second-order valence-electron chi connectivity index (χ2n) is 3.56. The molecule has 98 valence electrons. The van der Waals surface area contributed by atoms with E-state index in [9.17, 15) is 0 Å². The summed E-state index contributed by atoms with van der Waals surface area (Å²) in [5.41, 5.74) is 8.43. The van der Waals surface area contributed by atoms with E-state index in [-0.39, 0.29) is 5.11 Å². The molecule has 0 amide bonds. The first-order chi connectivity index (χ1) is 9.06. The van der Waals surface area contributed by atoms with Crippen LogP contribution in [0.2, 0.25) is 10.0 Å². The van der Waals surface area contributed by atoms with E-state index in [2.05, 4.69) is 22.7 Å². The van der Waals surface area contributed by atoms with Crippen molar-refractivity contribution >= 4 is 46.7 Å². The van der Waals surface area contributed by atoms with E-state index < -0.39 is 0 Å². The van der Waals surface area contributed by atoms with Gasteiger partial charge in [-0.2, -0.15) is 5.10 Å². The Morgan fingerprint density at radius 1 is 1.32 bits per heavy atom. The molecule has 2 rings (SSSR count). The fraction of sp³-hybridized carbons (Fsp3) is 0. The summed E-state index contributed by atoms with van der Waals surface area (Å²) >= 11 is 16.5. The molecule has 1 heterocycles. The summed E-state index contributed by atoms with van der Waals surface area (Å²) in [5.74, 6) is 1.17. The van der Waals surface area contributed by atoms with Crippen molar-refractivity contribution in [3.63, 3.8) is 0 Å². The quantitative estimate of drug-likeness (QED) is 0.518. The van der Waals surface area contributed by atoms with Gasteiger partial charge in [-0.05, 0) is 42.5 Å². The Balaban J connectivity index is 2.21. The van der Waals surface area contributed by atoms with Gasteiger partial charge in [0, 0.05) is 10.6 Å². The maximum Gasteiger partial charge on any atom is 0.184 e. The highest BCUT2D eigenvalue weighted by molar-refractivity contribution is 7.80. The minimum absolute atomic E-state index is 0.0868. The lowest BCUT2D eigenvalue weighted by Crippen LogP contribution is -2.23. The van der Waals surface area contributed by atoms with Crippen LogP contribution in [-0.2, 0) is 0 Å². The first kappa shape index (κ1) is 13.9. The van der Waals surface area contributed by atoms with E-state index in [0.29, 0.717) is 21.6 Å². The predicted molar refractivity (Wildman–Crippen MR) is 81.7 cm³/mol. The van der Waals surface area contributed by atoms with Crippen LogP contribution in [0.3, 0.4) is 0 Å². The first-order valence-corrected chi connectivity index (χ1v) is 6.36. The number of benzene rings is 1. The molecule has 0 aliphatic heterocycles. The van der Waals surface area contributed by atoms with Gasteiger partial charge in [-0.25, -0.2) is 0 Å². The molecule has 0 unspecified atom stereocenters. The number of nitrogens with zero attached hydrogens (tertiary/aromatic N) is 1. The third-order valence-corrected chi connectivity index (χ3v) is 2.83. The third-order valence-electron chi connectivity index (χ3n) is 2.19. The molecule has 0 fully saturated rings. The van der Waals surface area contributed by atoms with Crippen molar-refractivity contribution in [1.82, 2.24) is 5.43 Å². The zero-order valence-corrected chi connectivity index (χ0v) is 11.9. The molecule has 0 spiro atoms. The molecule has 1 aromatic heterocycles. The molecular weight excluding hydrogens is 305 g/mol. The number of rotatable bonds is 3. The fourth-order valence-electron chi connectivity index (χ4n) is 1.42. The molecule has 19 heavy (non-hydrogen) atoms. The van der Waals surface area contributed by atoms with Crippen molar-refractivity contribution in [2.45, 2.75) is 0 Å². The predicted octanol–water partition coefficient (Wildman–Crippen LogP) is 3.42. The van der Waals surface area contributed by atoms with Crippen LogP contribution in [-0.4, -0.2) is 11.3 Å². The molecular formula is C12H9Cl2N3OS. The lowest BCUT2D eigenvalue weighted by atomic mass is 10.2. The van der Waals surface area contributed by atoms with E-state index in [1.54, 1.807) is 30.3 Å². The van der Waals surface area contributed by atoms with Crippen LogP contribution < -0.4 is 11.2 Å². The summed E-state index contributed by atoms with van der Waals surface area (Å²) in [6.07, 6.45) is 1.46. The number of nitrogens with two attached hydrogens (primary N) is 1. The monoisotopic (exact) mass is 313 g/mol. The van der Waals surface area contributed by atoms with E-state index >= 15 is 0 Å². The molecule has 1 aromatic carbocycles. The van der Waals surface area contributed by atoms with Crippen LogP contribution in [0.25, 0.3) is 11.3 Å². The molecule has 0 saturated heterocycles. The minimum Gasteiger partial charge on any atom is -0.455 e. The summed E-state index contributed by atoms with van der Waals surface area (Å²) in [7, 11) is 0. The Morgan fingerprint density at radius 3 is 2.79 bits per heavy atom. The van der Waals surface area contributed by atoms with Crippen LogP contribution in [0.4, 0.5) is 0 Å². The van der Waals surface area contributed by atoms with Gasteiger partial charge in [-0.15, -0.1) is 0 Å². The second-order valence-corrected chi connectivity index (χ2v) is 4.84. The SMILES string of the molecule is NC(=S)N/N=C/c1ccc(-c2ccc(Cl)cc2Cl)o1. The van der Waals surface area contributed by atoms with Crippen LogP contribution in [0, 0.1) is 0 Å². The lowest BCUT2D eigenvalue weighted by Gasteiger charge is -2.00. The molecule has 4 nitrogen and oxygen atoms in total. The Bertz CT molecular complexity index is 640. The summed E-state index contributed by atoms with van der Waals surface area (Å²) in [4.78, 5) is 0. The molecule has 3 N–H and O–H groups in total. The van der Waals surface area contributed by atoms with Gasteiger partial charge in [0.25, 0.3) is 0 Å². The molecule has 0 saturated carbocycles. The number of halogens is 2. The third kappa shape index (κ3) is 3.70. The second kappa shape index (κ2) is 6.06. The molecule has 7 heteroatoms. The Kier molecular flexibility index (Phi) is 4.42. The Labute approximate surface area is 125 Å². The van der Waals surface area contributed by atoms with Crippen molar-refractivity contribution in [3.8, 4) is 11.3 Å². The Hall–Kier alpha value is -1.56. The van der Waals surface area contributed by atoms with Crippen LogP contribution in [0.15, 0.2) is 39.9 Å². The van der Waals surface area contributed by atoms with Gasteiger partial charge in [0.2, 0.25) is 0 Å². The smallest absolute Gasteiger partial charge is 0.184 e. The molecule has 0 atom stereocenters. The molecule has 0 aliphatic carbocycles. The zero-order valence-electron chi connectivity index (χ0n) is 9.56. The number of hydrogen-bond donors (Lipinski definition) is 2. The number of hydrogen-bond acceptors (Lipinski definition) is 3. The van der Waals surface area contributed by atoms with Gasteiger partial charge in [0.05, 0.1) is 11.2 Å². The lowest BCUT2D eigenvalue weighted by molar-refractivity contribution is 0.574. The standard InChI is InChI=1S/C12H9Cl2N3OS/c13-7-1-3-9(10(14)5-7)11-4-2-8(18-11)6-16-17-12(15)19/h1-6H,(H3,15,17,19)/b16-6+. The van der Waals surface area contributed by atoms with E-state index in [0.717, 1.165) is 5.56 Å². The van der Waals surface area contributed by atoms with E-state index in [1.165, 1.54) is 6.21 Å². The van der Waals surface area contributed by atoms with Gasteiger partial charge in [-0.3, -0.25) is 5.43 Å². The van der Waals surface area contributed by atoms with Gasteiger partial charge < -0.3 is 10.2 Å². The molecule has 2 aromatic rings. The summed E-state index contributed by atoms with van der Waals surface area (Å²) in [5, 5.41) is 4.97. The highest BCUT2D eigenvalue weighted by atomic mass is 35.5. The average Bonchev–Trinajstić information content (AvgIpc) is 2.77. The Morgan fingerprint density at radius 2 is 2.11 bits per heavy atom. The topological polar surface area (TPSA) is 63.5 Å². The van der Waals surface area contributed by atoms with Crippen LogP contribution in [0.1, 0.15) is 5.76 Å². The van der Waals surface area contributed by atoms with Gasteiger partial charge in [0.15, 0.2) is 5.11 Å². The maximum atomic E-state index is 6.10. The maximum absolute atomic E-state index is 6.10.